The van der Waals surface area contributed by atoms with Gasteiger partial charge in [0.2, 0.25) is 0 Å². The minimum atomic E-state index is 0.220. The molecule has 1 aliphatic carbocycles. The molecule has 5 rings (SSSR count). The first-order chi connectivity index (χ1) is 15.7. The maximum Gasteiger partial charge on any atom is 0.145 e. The SMILES string of the molecule is O=C(Cc1cc2cc(-c3cncc(NC4CCNCC4)n3)ccc2cn1)C1CCCCC1. The van der Waals surface area contributed by atoms with E-state index in [0.29, 0.717) is 18.2 Å². The maximum atomic E-state index is 12.7. The fourth-order valence-electron chi connectivity index (χ4n) is 4.94. The molecule has 2 aromatic heterocycles. The third-order valence-electron chi connectivity index (χ3n) is 6.82. The molecular formula is C26H31N5O. The molecular weight excluding hydrogens is 398 g/mol. The smallest absolute Gasteiger partial charge is 0.145 e. The molecule has 0 radical (unpaired) electrons. The maximum absolute atomic E-state index is 12.7. The van der Waals surface area contributed by atoms with Crippen LogP contribution in [0.25, 0.3) is 22.0 Å². The van der Waals surface area contributed by atoms with Crippen molar-refractivity contribution in [2.45, 2.75) is 57.4 Å². The van der Waals surface area contributed by atoms with Gasteiger partial charge in [-0.2, -0.15) is 0 Å². The van der Waals surface area contributed by atoms with Crippen LogP contribution in [0.15, 0.2) is 42.9 Å². The molecule has 0 spiro atoms. The minimum Gasteiger partial charge on any atom is -0.366 e. The van der Waals surface area contributed by atoms with Crippen LogP contribution in [-0.2, 0) is 11.2 Å². The topological polar surface area (TPSA) is 79.8 Å². The molecule has 0 bridgehead atoms. The zero-order valence-electron chi connectivity index (χ0n) is 18.5. The molecule has 3 heterocycles. The second-order valence-electron chi connectivity index (χ2n) is 9.17. The molecule has 2 N–H and O–H groups in total. The van der Waals surface area contributed by atoms with Crippen molar-refractivity contribution in [2.75, 3.05) is 18.4 Å². The molecule has 6 heteroatoms. The van der Waals surface area contributed by atoms with Crippen LogP contribution in [0.4, 0.5) is 5.82 Å². The lowest BCUT2D eigenvalue weighted by molar-refractivity contribution is -0.123. The van der Waals surface area contributed by atoms with Gasteiger partial charge in [-0.25, -0.2) is 4.98 Å². The average Bonchev–Trinajstić information content (AvgIpc) is 2.85. The number of rotatable bonds is 6. The number of pyridine rings is 1. The van der Waals surface area contributed by atoms with Gasteiger partial charge < -0.3 is 10.6 Å². The summed E-state index contributed by atoms with van der Waals surface area (Å²) in [6.45, 7) is 2.07. The Morgan fingerprint density at radius 3 is 2.66 bits per heavy atom. The Bertz CT molecular complexity index is 1090. The number of nitrogens with zero attached hydrogens (tertiary/aromatic N) is 3. The first kappa shape index (κ1) is 21.0. The third-order valence-corrected chi connectivity index (χ3v) is 6.82. The number of anilines is 1. The quantitative estimate of drug-likeness (QED) is 0.599. The lowest BCUT2D eigenvalue weighted by Crippen LogP contribution is -2.35. The van der Waals surface area contributed by atoms with Crippen LogP contribution >= 0.6 is 0 Å². The third kappa shape index (κ3) is 4.96. The van der Waals surface area contributed by atoms with Gasteiger partial charge in [-0.15, -0.1) is 0 Å². The monoisotopic (exact) mass is 429 g/mol. The number of benzene rings is 1. The molecule has 0 atom stereocenters. The van der Waals surface area contributed by atoms with E-state index in [1.54, 1.807) is 6.20 Å². The summed E-state index contributed by atoms with van der Waals surface area (Å²) in [5.74, 6) is 1.39. The van der Waals surface area contributed by atoms with Crippen LogP contribution in [0.3, 0.4) is 0 Å². The number of aromatic nitrogens is 3. The number of ketones is 1. The summed E-state index contributed by atoms with van der Waals surface area (Å²) >= 11 is 0. The van der Waals surface area contributed by atoms with Gasteiger partial charge in [-0.3, -0.25) is 14.8 Å². The molecule has 166 valence electrons. The van der Waals surface area contributed by atoms with E-state index < -0.39 is 0 Å². The fourth-order valence-corrected chi connectivity index (χ4v) is 4.94. The number of Topliss-reactive ketones (excluding diaryl/α,β-unsaturated/α-hetero) is 1. The first-order valence-electron chi connectivity index (χ1n) is 12.0. The van der Waals surface area contributed by atoms with E-state index in [1.165, 1.54) is 19.3 Å². The van der Waals surface area contributed by atoms with E-state index in [1.807, 2.05) is 12.4 Å². The summed E-state index contributed by atoms with van der Waals surface area (Å²) in [6, 6.07) is 8.76. The van der Waals surface area contributed by atoms with Crippen molar-refractivity contribution in [1.29, 1.82) is 0 Å². The van der Waals surface area contributed by atoms with E-state index >= 15 is 0 Å². The van der Waals surface area contributed by atoms with Gasteiger partial charge in [-0.1, -0.05) is 31.4 Å². The van der Waals surface area contributed by atoms with E-state index in [-0.39, 0.29) is 5.92 Å². The number of piperidine rings is 1. The van der Waals surface area contributed by atoms with Crippen LogP contribution in [0.2, 0.25) is 0 Å². The summed E-state index contributed by atoms with van der Waals surface area (Å²) < 4.78 is 0. The number of fused-ring (bicyclic) bond motifs is 1. The molecule has 1 saturated heterocycles. The van der Waals surface area contributed by atoms with Crippen molar-refractivity contribution in [1.82, 2.24) is 20.3 Å². The van der Waals surface area contributed by atoms with Gasteiger partial charge in [0.15, 0.2) is 0 Å². The second kappa shape index (κ2) is 9.74. The zero-order chi connectivity index (χ0) is 21.8. The van der Waals surface area contributed by atoms with Crippen molar-refractivity contribution in [3.8, 4) is 11.3 Å². The molecule has 1 saturated carbocycles. The molecule has 6 nitrogen and oxygen atoms in total. The lowest BCUT2D eigenvalue weighted by atomic mass is 9.85. The molecule has 1 aliphatic heterocycles. The number of hydrogen-bond acceptors (Lipinski definition) is 6. The van der Waals surface area contributed by atoms with Crippen molar-refractivity contribution >= 4 is 22.4 Å². The molecule has 0 unspecified atom stereocenters. The van der Waals surface area contributed by atoms with E-state index in [2.05, 4.69) is 44.9 Å². The fraction of sp³-hybridized carbons (Fsp3) is 0.462. The Morgan fingerprint density at radius 2 is 1.81 bits per heavy atom. The van der Waals surface area contributed by atoms with Crippen LogP contribution in [0, 0.1) is 5.92 Å². The van der Waals surface area contributed by atoms with Crippen LogP contribution in [0.5, 0.6) is 0 Å². The predicted molar refractivity (Wildman–Crippen MR) is 128 cm³/mol. The van der Waals surface area contributed by atoms with E-state index in [9.17, 15) is 4.79 Å². The summed E-state index contributed by atoms with van der Waals surface area (Å²) in [5.41, 5.74) is 2.73. The molecule has 0 amide bonds. The van der Waals surface area contributed by atoms with Crippen molar-refractivity contribution in [3.05, 3.63) is 48.5 Å². The number of carbonyl (C=O) groups excluding carboxylic acids is 1. The van der Waals surface area contributed by atoms with Crippen LogP contribution in [-0.4, -0.2) is 39.9 Å². The van der Waals surface area contributed by atoms with Crippen LogP contribution < -0.4 is 10.6 Å². The molecule has 2 fully saturated rings. The Kier molecular flexibility index (Phi) is 6.39. The van der Waals surface area contributed by atoms with Crippen molar-refractivity contribution in [2.24, 2.45) is 5.92 Å². The molecule has 3 aromatic rings. The largest absolute Gasteiger partial charge is 0.366 e. The summed E-state index contributed by atoms with van der Waals surface area (Å²) in [7, 11) is 0. The zero-order valence-corrected chi connectivity index (χ0v) is 18.5. The molecule has 1 aromatic carbocycles. The van der Waals surface area contributed by atoms with Crippen molar-refractivity contribution in [3.63, 3.8) is 0 Å². The highest BCUT2D eigenvalue weighted by atomic mass is 16.1. The standard InChI is InChI=1S/C26H31N5O/c32-25(18-4-2-1-3-5-18)14-23-13-21-12-19(6-7-20(21)15-29-23)24-16-28-17-26(31-24)30-22-8-10-27-11-9-22/h6-7,12-13,15-18,22,27H,1-5,8-11,14H2,(H,30,31). The van der Waals surface area contributed by atoms with Gasteiger partial charge in [-0.05, 0) is 56.3 Å². The predicted octanol–water partition coefficient (Wildman–Crippen LogP) is 4.55. The summed E-state index contributed by atoms with van der Waals surface area (Å²) in [6.07, 6.45) is 13.8. The average molecular weight is 430 g/mol. The van der Waals surface area contributed by atoms with Crippen molar-refractivity contribution < 1.29 is 4.79 Å². The molecule has 32 heavy (non-hydrogen) atoms. The highest BCUT2D eigenvalue weighted by Crippen LogP contribution is 2.27. The Balaban J connectivity index is 1.34. The van der Waals surface area contributed by atoms with E-state index in [0.717, 1.165) is 72.3 Å². The highest BCUT2D eigenvalue weighted by molar-refractivity contribution is 5.88. The van der Waals surface area contributed by atoms with Gasteiger partial charge in [0.1, 0.15) is 11.6 Å². The summed E-state index contributed by atoms with van der Waals surface area (Å²) in [4.78, 5) is 26.5. The second-order valence-corrected chi connectivity index (χ2v) is 9.17. The number of nitrogens with one attached hydrogen (secondary N) is 2. The van der Waals surface area contributed by atoms with E-state index in [4.69, 9.17) is 4.98 Å². The van der Waals surface area contributed by atoms with Gasteiger partial charge in [0.25, 0.3) is 0 Å². The number of hydrogen-bond donors (Lipinski definition) is 2. The first-order valence-corrected chi connectivity index (χ1v) is 12.0. The lowest BCUT2D eigenvalue weighted by Gasteiger charge is -2.24. The Hall–Kier alpha value is -2.86. The van der Waals surface area contributed by atoms with Gasteiger partial charge in [0, 0.05) is 41.2 Å². The summed E-state index contributed by atoms with van der Waals surface area (Å²) in [5, 5.41) is 9.07. The normalized spacial score (nSPS) is 18.0. The Morgan fingerprint density at radius 1 is 0.969 bits per heavy atom. The Labute approximate surface area is 189 Å². The minimum absolute atomic E-state index is 0.220. The molecule has 2 aliphatic rings. The number of carbonyl (C=O) groups is 1. The van der Waals surface area contributed by atoms with Gasteiger partial charge in [0.05, 0.1) is 18.1 Å². The van der Waals surface area contributed by atoms with Gasteiger partial charge >= 0.3 is 0 Å². The highest BCUT2D eigenvalue weighted by Gasteiger charge is 2.21. The van der Waals surface area contributed by atoms with Crippen LogP contribution in [0.1, 0.15) is 50.6 Å².